The quantitative estimate of drug-likeness (QED) is 0.679. The normalized spacial score (nSPS) is 22.8. The van der Waals surface area contributed by atoms with Gasteiger partial charge in [-0.1, -0.05) is 6.92 Å². The minimum Gasteiger partial charge on any atom is -0.478 e. The van der Waals surface area contributed by atoms with Crippen LogP contribution in [0, 0.1) is 11.8 Å². The number of nitrogen functional groups attached to an aromatic ring is 1. The molecule has 2 atom stereocenters. The fourth-order valence-corrected chi connectivity index (χ4v) is 1.82. The van der Waals surface area contributed by atoms with Gasteiger partial charge in [-0.25, -0.2) is 4.79 Å². The third-order valence-corrected chi connectivity index (χ3v) is 3.10. The van der Waals surface area contributed by atoms with E-state index in [0.717, 1.165) is 12.5 Å². The maximum Gasteiger partial charge on any atom is 0.337 e. The molecule has 0 spiro atoms. The molecule has 4 nitrogen and oxygen atoms in total. The number of carboxylic acid groups (broad SMARTS) is 1. The van der Waals surface area contributed by atoms with E-state index < -0.39 is 5.97 Å². The molecule has 0 saturated heterocycles. The molecule has 1 aliphatic rings. The van der Waals surface area contributed by atoms with Gasteiger partial charge in [-0.3, -0.25) is 0 Å². The lowest BCUT2D eigenvalue weighted by Gasteiger charge is -2.09. The van der Waals surface area contributed by atoms with Crippen molar-refractivity contribution in [1.82, 2.24) is 0 Å². The second-order valence-electron chi connectivity index (χ2n) is 4.46. The Morgan fingerprint density at radius 2 is 2.31 bits per heavy atom. The van der Waals surface area contributed by atoms with Gasteiger partial charge in [-0.05, 0) is 36.5 Å². The van der Waals surface area contributed by atoms with Crippen LogP contribution in [0.2, 0.25) is 0 Å². The van der Waals surface area contributed by atoms with E-state index >= 15 is 0 Å². The number of aromatic carboxylic acids is 1. The molecule has 4 heteroatoms. The first-order valence-corrected chi connectivity index (χ1v) is 5.44. The molecule has 0 aliphatic heterocycles. The number of hydrogen-bond acceptors (Lipinski definition) is 3. The molecule has 1 aromatic rings. The van der Waals surface area contributed by atoms with Crippen LogP contribution < -0.4 is 11.1 Å². The summed E-state index contributed by atoms with van der Waals surface area (Å²) in [5.41, 5.74) is 6.94. The molecule has 0 radical (unpaired) electrons. The maximum absolute atomic E-state index is 11.0. The molecule has 86 valence electrons. The molecule has 1 aliphatic carbocycles. The molecule has 0 amide bonds. The monoisotopic (exact) mass is 220 g/mol. The third-order valence-electron chi connectivity index (χ3n) is 3.10. The number of anilines is 2. The van der Waals surface area contributed by atoms with Crippen molar-refractivity contribution in [2.45, 2.75) is 13.3 Å². The highest BCUT2D eigenvalue weighted by Gasteiger charge is 2.32. The highest BCUT2D eigenvalue weighted by molar-refractivity contribution is 5.95. The lowest BCUT2D eigenvalue weighted by Crippen LogP contribution is -2.09. The van der Waals surface area contributed by atoms with E-state index in [2.05, 4.69) is 12.2 Å². The van der Waals surface area contributed by atoms with Gasteiger partial charge in [0, 0.05) is 17.9 Å². The molecule has 16 heavy (non-hydrogen) atoms. The predicted octanol–water partition coefficient (Wildman–Crippen LogP) is 2.03. The zero-order valence-electron chi connectivity index (χ0n) is 9.23. The average Bonchev–Trinajstić information content (AvgIpc) is 2.92. The fraction of sp³-hybridized carbons (Fsp3) is 0.417. The fourth-order valence-electron chi connectivity index (χ4n) is 1.82. The Morgan fingerprint density at radius 3 is 2.88 bits per heavy atom. The number of nitrogens with one attached hydrogen (secondary N) is 1. The van der Waals surface area contributed by atoms with E-state index in [4.69, 9.17) is 10.8 Å². The average molecular weight is 220 g/mol. The van der Waals surface area contributed by atoms with Crippen LogP contribution in [0.4, 0.5) is 11.4 Å². The van der Waals surface area contributed by atoms with Crippen LogP contribution in [-0.2, 0) is 0 Å². The summed E-state index contributed by atoms with van der Waals surface area (Å²) < 4.78 is 0. The Labute approximate surface area is 94.5 Å². The van der Waals surface area contributed by atoms with Crippen molar-refractivity contribution >= 4 is 17.3 Å². The van der Waals surface area contributed by atoms with Crippen molar-refractivity contribution < 1.29 is 9.90 Å². The van der Waals surface area contributed by atoms with Gasteiger partial charge >= 0.3 is 5.97 Å². The molecular weight excluding hydrogens is 204 g/mol. The lowest BCUT2D eigenvalue weighted by molar-refractivity contribution is 0.0698. The predicted molar refractivity (Wildman–Crippen MR) is 63.6 cm³/mol. The molecule has 1 fully saturated rings. The standard InChI is InChI=1S/C12H16N2O2/c1-7-4-8(7)6-14-11-3-2-9(13)5-10(11)12(15)16/h2-3,5,7-8,14H,4,6,13H2,1H3,(H,15,16). The number of rotatable bonds is 4. The molecule has 4 N–H and O–H groups in total. The third kappa shape index (κ3) is 2.27. The van der Waals surface area contributed by atoms with E-state index in [0.29, 0.717) is 17.3 Å². The van der Waals surface area contributed by atoms with Gasteiger partial charge in [0.1, 0.15) is 0 Å². The Bertz CT molecular complexity index is 417. The molecule has 0 bridgehead atoms. The van der Waals surface area contributed by atoms with Gasteiger partial charge in [0.05, 0.1) is 5.56 Å². The largest absolute Gasteiger partial charge is 0.478 e. The van der Waals surface area contributed by atoms with Crippen LogP contribution in [0.1, 0.15) is 23.7 Å². The minimum atomic E-state index is -0.946. The first kappa shape index (κ1) is 10.8. The van der Waals surface area contributed by atoms with Crippen LogP contribution in [0.3, 0.4) is 0 Å². The van der Waals surface area contributed by atoms with Gasteiger partial charge in [-0.2, -0.15) is 0 Å². The van der Waals surface area contributed by atoms with Crippen molar-refractivity contribution in [2.75, 3.05) is 17.6 Å². The van der Waals surface area contributed by atoms with Crippen LogP contribution in [0.5, 0.6) is 0 Å². The van der Waals surface area contributed by atoms with E-state index in [1.807, 2.05) is 0 Å². The first-order valence-electron chi connectivity index (χ1n) is 5.44. The smallest absolute Gasteiger partial charge is 0.337 e. The summed E-state index contributed by atoms with van der Waals surface area (Å²) >= 11 is 0. The molecule has 0 heterocycles. The molecule has 1 saturated carbocycles. The summed E-state index contributed by atoms with van der Waals surface area (Å²) in [6.07, 6.45) is 1.23. The summed E-state index contributed by atoms with van der Waals surface area (Å²) in [5, 5.41) is 12.2. The number of carbonyl (C=O) groups is 1. The molecule has 2 rings (SSSR count). The Hall–Kier alpha value is -1.71. The lowest BCUT2D eigenvalue weighted by atomic mass is 10.1. The van der Waals surface area contributed by atoms with Gasteiger partial charge in [0.15, 0.2) is 0 Å². The topological polar surface area (TPSA) is 75.3 Å². The summed E-state index contributed by atoms with van der Waals surface area (Å²) in [4.78, 5) is 11.0. The number of hydrogen-bond donors (Lipinski definition) is 3. The maximum atomic E-state index is 11.0. The Balaban J connectivity index is 2.09. The van der Waals surface area contributed by atoms with Crippen LogP contribution >= 0.6 is 0 Å². The van der Waals surface area contributed by atoms with Crippen LogP contribution in [0.15, 0.2) is 18.2 Å². The summed E-state index contributed by atoms with van der Waals surface area (Å²) in [6, 6.07) is 4.93. The van der Waals surface area contributed by atoms with Crippen molar-refractivity contribution in [2.24, 2.45) is 11.8 Å². The number of benzene rings is 1. The van der Waals surface area contributed by atoms with Crippen molar-refractivity contribution in [3.8, 4) is 0 Å². The van der Waals surface area contributed by atoms with E-state index in [1.54, 1.807) is 12.1 Å². The summed E-state index contributed by atoms with van der Waals surface area (Å²) in [5.74, 6) is 0.493. The van der Waals surface area contributed by atoms with Gasteiger partial charge in [0.25, 0.3) is 0 Å². The molecule has 2 unspecified atom stereocenters. The van der Waals surface area contributed by atoms with E-state index in [9.17, 15) is 4.79 Å². The van der Waals surface area contributed by atoms with Crippen molar-refractivity contribution in [1.29, 1.82) is 0 Å². The number of nitrogens with two attached hydrogens (primary N) is 1. The minimum absolute atomic E-state index is 0.244. The number of carboxylic acids is 1. The Morgan fingerprint density at radius 1 is 1.62 bits per heavy atom. The van der Waals surface area contributed by atoms with E-state index in [-0.39, 0.29) is 5.56 Å². The van der Waals surface area contributed by atoms with Crippen LogP contribution in [0.25, 0.3) is 0 Å². The SMILES string of the molecule is CC1CC1CNc1ccc(N)cc1C(=O)O. The highest BCUT2D eigenvalue weighted by atomic mass is 16.4. The van der Waals surface area contributed by atoms with Crippen molar-refractivity contribution in [3.63, 3.8) is 0 Å². The van der Waals surface area contributed by atoms with E-state index in [1.165, 1.54) is 12.5 Å². The zero-order valence-corrected chi connectivity index (χ0v) is 9.23. The van der Waals surface area contributed by atoms with Crippen LogP contribution in [-0.4, -0.2) is 17.6 Å². The summed E-state index contributed by atoms with van der Waals surface area (Å²) in [7, 11) is 0. The van der Waals surface area contributed by atoms with Crippen molar-refractivity contribution in [3.05, 3.63) is 23.8 Å². The van der Waals surface area contributed by atoms with Gasteiger partial charge in [-0.15, -0.1) is 0 Å². The first-order chi connectivity index (χ1) is 7.58. The zero-order chi connectivity index (χ0) is 11.7. The second kappa shape index (κ2) is 4.04. The van der Waals surface area contributed by atoms with Gasteiger partial charge < -0.3 is 16.2 Å². The second-order valence-corrected chi connectivity index (χ2v) is 4.46. The molecule has 0 aromatic heterocycles. The highest BCUT2D eigenvalue weighted by Crippen LogP contribution is 2.37. The van der Waals surface area contributed by atoms with Gasteiger partial charge in [0.2, 0.25) is 0 Å². The molecule has 1 aromatic carbocycles. The summed E-state index contributed by atoms with van der Waals surface area (Å²) in [6.45, 7) is 3.04. The Kier molecular flexibility index (Phi) is 2.73. The molecular formula is C12H16N2O2.